The van der Waals surface area contributed by atoms with Gasteiger partial charge in [-0.05, 0) is 37.1 Å². The van der Waals surface area contributed by atoms with Gasteiger partial charge in [-0.15, -0.1) is 5.10 Å². The number of aromatic nitrogens is 3. The summed E-state index contributed by atoms with van der Waals surface area (Å²) in [7, 11) is 0. The van der Waals surface area contributed by atoms with Crippen molar-refractivity contribution in [2.24, 2.45) is 0 Å². The van der Waals surface area contributed by atoms with E-state index in [9.17, 15) is 9.59 Å². The van der Waals surface area contributed by atoms with Crippen LogP contribution in [0.15, 0.2) is 24.4 Å². The number of carboxylic acids is 1. The van der Waals surface area contributed by atoms with Crippen LogP contribution >= 0.6 is 0 Å². The van der Waals surface area contributed by atoms with Gasteiger partial charge in [-0.25, -0.2) is 9.48 Å². The van der Waals surface area contributed by atoms with Crippen LogP contribution in [0.25, 0.3) is 0 Å². The minimum atomic E-state index is -0.994. The predicted octanol–water partition coefficient (Wildman–Crippen LogP) is 1.33. The third-order valence-electron chi connectivity index (χ3n) is 3.84. The molecule has 1 aliphatic rings. The van der Waals surface area contributed by atoms with Crippen LogP contribution in [-0.4, -0.2) is 43.4 Å². The van der Waals surface area contributed by atoms with Gasteiger partial charge in [-0.1, -0.05) is 5.21 Å². The van der Waals surface area contributed by atoms with Crippen molar-refractivity contribution in [2.75, 3.05) is 6.54 Å². The molecule has 7 nitrogen and oxygen atoms in total. The van der Waals surface area contributed by atoms with Crippen molar-refractivity contribution in [3.8, 4) is 0 Å². The maximum atomic E-state index is 12.7. The number of hydrogen-bond donors (Lipinski definition) is 1. The first-order chi connectivity index (χ1) is 10.6. The number of amides is 1. The second-order valence-corrected chi connectivity index (χ2v) is 5.36. The molecule has 114 valence electrons. The number of nitrogens with zero attached hydrogens (tertiary/aromatic N) is 4. The average Bonchev–Trinajstić information content (AvgIpc) is 2.83. The van der Waals surface area contributed by atoms with Crippen LogP contribution in [0.3, 0.4) is 0 Å². The number of hydrogen-bond acceptors (Lipinski definition) is 4. The van der Waals surface area contributed by atoms with Gasteiger partial charge in [0, 0.05) is 18.7 Å². The lowest BCUT2D eigenvalue weighted by atomic mass is 10.0. The van der Waals surface area contributed by atoms with Crippen LogP contribution in [0, 0.1) is 6.92 Å². The summed E-state index contributed by atoms with van der Waals surface area (Å²) in [6.07, 6.45) is 2.49. The maximum absolute atomic E-state index is 12.7. The fraction of sp³-hybridized carbons (Fsp3) is 0.333. The molecule has 22 heavy (non-hydrogen) atoms. The zero-order valence-corrected chi connectivity index (χ0v) is 12.2. The second-order valence-electron chi connectivity index (χ2n) is 5.36. The Labute approximate surface area is 127 Å². The molecule has 0 saturated carbocycles. The molecule has 1 amide bonds. The van der Waals surface area contributed by atoms with E-state index in [1.54, 1.807) is 24.1 Å². The summed E-state index contributed by atoms with van der Waals surface area (Å²) >= 11 is 0. The standard InChI is InChI=1S/C15H16N4O3/c1-10-7-11(15(21)22)3-4-13(10)14(20)18-5-2-6-19-12(9-18)8-16-17-19/h3-4,7-8H,2,5-6,9H2,1H3,(H,21,22). The number of rotatable bonds is 2. The predicted molar refractivity (Wildman–Crippen MR) is 77.5 cm³/mol. The zero-order chi connectivity index (χ0) is 15.7. The van der Waals surface area contributed by atoms with Crippen molar-refractivity contribution in [3.05, 3.63) is 46.8 Å². The normalized spacial score (nSPS) is 14.3. The minimum absolute atomic E-state index is 0.0934. The summed E-state index contributed by atoms with van der Waals surface area (Å²) in [4.78, 5) is 25.4. The first-order valence-corrected chi connectivity index (χ1v) is 7.07. The van der Waals surface area contributed by atoms with E-state index >= 15 is 0 Å². The van der Waals surface area contributed by atoms with Crippen molar-refractivity contribution < 1.29 is 14.7 Å². The highest BCUT2D eigenvalue weighted by atomic mass is 16.4. The lowest BCUT2D eigenvalue weighted by Gasteiger charge is -2.21. The summed E-state index contributed by atoms with van der Waals surface area (Å²) in [5.74, 6) is -1.09. The Balaban J connectivity index is 1.86. The molecule has 0 unspecified atom stereocenters. The van der Waals surface area contributed by atoms with Gasteiger partial charge in [0.1, 0.15) is 0 Å². The summed E-state index contributed by atoms with van der Waals surface area (Å²) in [5, 5.41) is 16.9. The fourth-order valence-electron chi connectivity index (χ4n) is 2.66. The molecule has 0 fully saturated rings. The van der Waals surface area contributed by atoms with Gasteiger partial charge in [0.2, 0.25) is 0 Å². The van der Waals surface area contributed by atoms with Crippen molar-refractivity contribution in [3.63, 3.8) is 0 Å². The minimum Gasteiger partial charge on any atom is -0.478 e. The monoisotopic (exact) mass is 300 g/mol. The molecule has 0 saturated heterocycles. The smallest absolute Gasteiger partial charge is 0.335 e. The van der Waals surface area contributed by atoms with Crippen LogP contribution in [0.1, 0.15) is 38.4 Å². The molecule has 0 bridgehead atoms. The van der Waals surface area contributed by atoms with Crippen molar-refractivity contribution in [1.82, 2.24) is 19.9 Å². The summed E-state index contributed by atoms with van der Waals surface area (Å²) < 4.78 is 1.81. The second kappa shape index (κ2) is 5.59. The lowest BCUT2D eigenvalue weighted by molar-refractivity contribution is 0.0693. The van der Waals surface area contributed by atoms with Gasteiger partial charge < -0.3 is 10.0 Å². The maximum Gasteiger partial charge on any atom is 0.335 e. The SMILES string of the molecule is Cc1cc(C(=O)O)ccc1C(=O)N1CCCn2nncc2C1. The van der Waals surface area contributed by atoms with Gasteiger partial charge in [0.25, 0.3) is 5.91 Å². The first kappa shape index (κ1) is 14.2. The van der Waals surface area contributed by atoms with E-state index in [4.69, 9.17) is 5.11 Å². The highest BCUT2D eigenvalue weighted by molar-refractivity contribution is 5.97. The van der Waals surface area contributed by atoms with Crippen LogP contribution in [0.4, 0.5) is 0 Å². The number of fused-ring (bicyclic) bond motifs is 1. The Morgan fingerprint density at radius 3 is 2.82 bits per heavy atom. The Morgan fingerprint density at radius 1 is 1.27 bits per heavy atom. The number of carboxylic acid groups (broad SMARTS) is 1. The summed E-state index contributed by atoms with van der Waals surface area (Å²) in [6.45, 7) is 3.60. The van der Waals surface area contributed by atoms with Gasteiger partial charge in [-0.2, -0.15) is 0 Å². The van der Waals surface area contributed by atoms with E-state index in [0.29, 0.717) is 24.2 Å². The molecule has 1 aromatic heterocycles. The quantitative estimate of drug-likeness (QED) is 0.904. The Kier molecular flexibility index (Phi) is 3.62. The Bertz CT molecular complexity index is 738. The van der Waals surface area contributed by atoms with E-state index < -0.39 is 5.97 Å². The number of aromatic carboxylic acids is 1. The number of carbonyl (C=O) groups is 2. The number of aryl methyl sites for hydroxylation is 2. The molecule has 2 aromatic rings. The largest absolute Gasteiger partial charge is 0.478 e. The molecule has 0 radical (unpaired) electrons. The molecule has 2 heterocycles. The molecule has 1 aliphatic heterocycles. The van der Waals surface area contributed by atoms with Gasteiger partial charge in [0.15, 0.2) is 0 Å². The number of carbonyl (C=O) groups excluding carboxylic acids is 1. The molecule has 0 atom stereocenters. The first-order valence-electron chi connectivity index (χ1n) is 7.07. The van der Waals surface area contributed by atoms with E-state index in [2.05, 4.69) is 10.3 Å². The molecule has 0 aliphatic carbocycles. The molecule has 1 N–H and O–H groups in total. The highest BCUT2D eigenvalue weighted by Gasteiger charge is 2.22. The summed E-state index contributed by atoms with van der Waals surface area (Å²) in [6, 6.07) is 4.58. The number of benzene rings is 1. The molecule has 0 spiro atoms. The molecular formula is C15H16N4O3. The van der Waals surface area contributed by atoms with E-state index in [-0.39, 0.29) is 11.5 Å². The van der Waals surface area contributed by atoms with Crippen LogP contribution < -0.4 is 0 Å². The van der Waals surface area contributed by atoms with Gasteiger partial charge >= 0.3 is 5.97 Å². The van der Waals surface area contributed by atoms with E-state index in [0.717, 1.165) is 18.7 Å². The third-order valence-corrected chi connectivity index (χ3v) is 3.84. The van der Waals surface area contributed by atoms with Gasteiger partial charge in [0.05, 0.1) is 24.0 Å². The van der Waals surface area contributed by atoms with Crippen LogP contribution in [0.2, 0.25) is 0 Å². The fourth-order valence-corrected chi connectivity index (χ4v) is 2.66. The summed E-state index contributed by atoms with van der Waals surface area (Å²) in [5.41, 5.74) is 2.30. The zero-order valence-electron chi connectivity index (χ0n) is 12.2. The lowest BCUT2D eigenvalue weighted by Crippen LogP contribution is -2.31. The third kappa shape index (κ3) is 2.57. The average molecular weight is 300 g/mol. The van der Waals surface area contributed by atoms with Crippen molar-refractivity contribution >= 4 is 11.9 Å². The Hall–Kier alpha value is -2.70. The molecule has 1 aromatic carbocycles. The molecular weight excluding hydrogens is 284 g/mol. The van der Waals surface area contributed by atoms with Crippen LogP contribution in [-0.2, 0) is 13.1 Å². The topological polar surface area (TPSA) is 88.3 Å². The van der Waals surface area contributed by atoms with Gasteiger partial charge in [-0.3, -0.25) is 4.79 Å². The van der Waals surface area contributed by atoms with Crippen molar-refractivity contribution in [2.45, 2.75) is 26.4 Å². The van der Waals surface area contributed by atoms with Crippen LogP contribution in [0.5, 0.6) is 0 Å². The molecule has 3 rings (SSSR count). The Morgan fingerprint density at radius 2 is 2.09 bits per heavy atom. The van der Waals surface area contributed by atoms with Crippen molar-refractivity contribution in [1.29, 1.82) is 0 Å². The molecule has 7 heteroatoms. The van der Waals surface area contributed by atoms with E-state index in [1.807, 2.05) is 4.68 Å². The van der Waals surface area contributed by atoms with E-state index in [1.165, 1.54) is 12.1 Å². The highest BCUT2D eigenvalue weighted by Crippen LogP contribution is 2.17.